The zero-order chi connectivity index (χ0) is 8.27. The zero-order valence-corrected chi connectivity index (χ0v) is 9.47. The average molecular weight is 197 g/mol. The van der Waals surface area contributed by atoms with Crippen LogP contribution >= 0.6 is 12.2 Å². The number of aromatic amines is 1. The van der Waals surface area contributed by atoms with Gasteiger partial charge in [0, 0.05) is 7.05 Å². The van der Waals surface area contributed by atoms with Gasteiger partial charge in [0.2, 0.25) is 0 Å². The molecule has 0 atom stereocenters. The Hall–Kier alpha value is -0.440. The largest absolute Gasteiger partial charge is 1.00 e. The summed E-state index contributed by atoms with van der Waals surface area (Å²) in [4.78, 5) is 11.8. The average Bonchev–Trinajstić information content (AvgIpc) is 2.37. The Kier molecular flexibility index (Phi) is 5.06. The first-order valence-corrected chi connectivity index (χ1v) is 3.13. The van der Waals surface area contributed by atoms with Gasteiger partial charge in [0.1, 0.15) is 0 Å². The molecule has 1 aromatic rings. The zero-order valence-electron chi connectivity index (χ0n) is 6.66. The van der Waals surface area contributed by atoms with Crippen molar-refractivity contribution >= 4 is 18.2 Å². The molecule has 1 rings (SSSR count). The molecule has 0 radical (unpaired) electrons. The Morgan fingerprint density at radius 1 is 1.75 bits per heavy atom. The Morgan fingerprint density at radius 2 is 2.42 bits per heavy atom. The number of carbonyl (C=O) groups is 1. The number of hydrogen-bond acceptors (Lipinski definition) is 4. The maximum absolute atomic E-state index is 10.7. The number of carbonyl (C=O) groups excluding carboxylic acids is 1. The SMILES string of the molecule is CNC(=O)Nn1[nH]nnc1=S.[Na+]. The molecule has 2 amide bonds. The molecule has 0 aliphatic heterocycles. The van der Waals surface area contributed by atoms with Gasteiger partial charge in [0.15, 0.2) is 0 Å². The Bertz CT molecular complexity index is 306. The fourth-order valence-corrected chi connectivity index (χ4v) is 0.555. The molecule has 9 heteroatoms. The van der Waals surface area contributed by atoms with E-state index >= 15 is 0 Å². The number of H-pyrrole nitrogens is 1. The maximum Gasteiger partial charge on any atom is 1.00 e. The maximum atomic E-state index is 10.7. The van der Waals surface area contributed by atoms with Crippen LogP contribution < -0.4 is 40.3 Å². The van der Waals surface area contributed by atoms with Crippen LogP contribution in [0.3, 0.4) is 0 Å². The van der Waals surface area contributed by atoms with Gasteiger partial charge >= 0.3 is 35.6 Å². The summed E-state index contributed by atoms with van der Waals surface area (Å²) >= 11 is 4.67. The Morgan fingerprint density at radius 3 is 2.83 bits per heavy atom. The first kappa shape index (κ1) is 11.6. The topological polar surface area (TPSA) is 87.6 Å². The smallest absolute Gasteiger partial charge is 0.340 e. The number of urea groups is 1. The van der Waals surface area contributed by atoms with Gasteiger partial charge in [-0.1, -0.05) is 5.10 Å². The van der Waals surface area contributed by atoms with Crippen LogP contribution in [0.4, 0.5) is 4.79 Å². The van der Waals surface area contributed by atoms with Crippen LogP contribution in [0.5, 0.6) is 0 Å². The fraction of sp³-hybridized carbons (Fsp3) is 0.333. The molecule has 0 unspecified atom stereocenters. The van der Waals surface area contributed by atoms with Crippen LogP contribution in [0, 0.1) is 4.77 Å². The second-order valence-electron chi connectivity index (χ2n) is 1.61. The molecule has 0 spiro atoms. The van der Waals surface area contributed by atoms with Crippen molar-refractivity contribution in [2.24, 2.45) is 0 Å². The molecular formula is C3H6N6NaOS+. The number of hydrogen-bond donors (Lipinski definition) is 3. The number of aromatic nitrogens is 4. The van der Waals surface area contributed by atoms with Crippen LogP contribution in [0.1, 0.15) is 0 Å². The number of amides is 2. The van der Waals surface area contributed by atoms with E-state index < -0.39 is 6.03 Å². The van der Waals surface area contributed by atoms with E-state index in [1.165, 1.54) is 7.05 Å². The van der Waals surface area contributed by atoms with Crippen LogP contribution in [-0.2, 0) is 0 Å². The standard InChI is InChI=1S/C3H6N6OS.Na/c1-4-2(10)6-9-3(11)5-7-8-9;/h1H3,(H2,4,6,10)(H,5,8,11);/q;+1. The first-order chi connectivity index (χ1) is 5.24. The molecule has 0 bridgehead atoms. The number of nitrogens with zero attached hydrogens (tertiary/aromatic N) is 3. The van der Waals surface area contributed by atoms with E-state index in [4.69, 9.17) is 0 Å². The summed E-state index contributed by atoms with van der Waals surface area (Å²) in [5.41, 5.74) is 2.32. The van der Waals surface area contributed by atoms with Crippen LogP contribution in [-0.4, -0.2) is 33.4 Å². The van der Waals surface area contributed by atoms with Crippen LogP contribution in [0.25, 0.3) is 0 Å². The van der Waals surface area contributed by atoms with Crippen molar-refractivity contribution < 1.29 is 34.4 Å². The molecule has 0 saturated carbocycles. The minimum Gasteiger partial charge on any atom is -0.340 e. The van der Waals surface area contributed by atoms with E-state index in [9.17, 15) is 4.79 Å². The third-order valence-electron chi connectivity index (χ3n) is 0.912. The second kappa shape index (κ2) is 5.25. The number of rotatable bonds is 1. The molecule has 3 N–H and O–H groups in total. The molecule has 1 aromatic heterocycles. The summed E-state index contributed by atoms with van der Waals surface area (Å²) in [7, 11) is 1.49. The molecule has 0 aromatic carbocycles. The van der Waals surface area contributed by atoms with Gasteiger partial charge in [-0.2, -0.15) is 5.21 Å². The molecule has 1 heterocycles. The summed E-state index contributed by atoms with van der Waals surface area (Å²) in [5.74, 6) is 0. The van der Waals surface area contributed by atoms with Crippen molar-refractivity contribution in [3.05, 3.63) is 4.77 Å². The Labute approximate surface area is 95.1 Å². The van der Waals surface area contributed by atoms with Gasteiger partial charge in [0.05, 0.1) is 0 Å². The van der Waals surface area contributed by atoms with Gasteiger partial charge in [-0.25, -0.2) is 10.2 Å². The van der Waals surface area contributed by atoms with E-state index in [-0.39, 0.29) is 34.3 Å². The number of tetrazole rings is 1. The van der Waals surface area contributed by atoms with Crippen LogP contribution in [0.2, 0.25) is 0 Å². The summed E-state index contributed by atoms with van der Waals surface area (Å²) < 4.78 is 0.161. The molecular weight excluding hydrogens is 191 g/mol. The van der Waals surface area contributed by atoms with Crippen molar-refractivity contribution in [1.82, 2.24) is 25.6 Å². The molecule has 7 nitrogen and oxygen atoms in total. The molecule has 0 aliphatic rings. The van der Waals surface area contributed by atoms with Crippen molar-refractivity contribution in [3.63, 3.8) is 0 Å². The minimum atomic E-state index is -0.396. The second-order valence-corrected chi connectivity index (χ2v) is 1.97. The van der Waals surface area contributed by atoms with Gasteiger partial charge in [-0.15, -0.1) is 4.79 Å². The van der Waals surface area contributed by atoms with Crippen molar-refractivity contribution in [2.45, 2.75) is 0 Å². The van der Waals surface area contributed by atoms with E-state index in [0.29, 0.717) is 0 Å². The monoisotopic (exact) mass is 197 g/mol. The predicted octanol–water partition coefficient (Wildman–Crippen LogP) is -3.78. The van der Waals surface area contributed by atoms with Crippen molar-refractivity contribution in [2.75, 3.05) is 12.5 Å². The molecule has 0 saturated heterocycles. The van der Waals surface area contributed by atoms with E-state index in [1.54, 1.807) is 0 Å². The third-order valence-corrected chi connectivity index (χ3v) is 1.18. The summed E-state index contributed by atoms with van der Waals surface area (Å²) in [5, 5.41) is 11.5. The molecule has 0 fully saturated rings. The third kappa shape index (κ3) is 2.89. The van der Waals surface area contributed by atoms with Gasteiger partial charge in [-0.05, 0) is 17.4 Å². The molecule has 0 aliphatic carbocycles. The van der Waals surface area contributed by atoms with Gasteiger partial charge in [0.25, 0.3) is 4.77 Å². The number of nitrogens with one attached hydrogen (secondary N) is 3. The van der Waals surface area contributed by atoms with Gasteiger partial charge < -0.3 is 5.32 Å². The first-order valence-electron chi connectivity index (χ1n) is 2.73. The van der Waals surface area contributed by atoms with Crippen molar-refractivity contribution in [1.29, 1.82) is 0 Å². The minimum absolute atomic E-state index is 0. The quantitative estimate of drug-likeness (QED) is 0.318. The van der Waals surface area contributed by atoms with Crippen LogP contribution in [0.15, 0.2) is 0 Å². The molecule has 60 valence electrons. The van der Waals surface area contributed by atoms with Gasteiger partial charge in [-0.3, -0.25) is 0 Å². The summed E-state index contributed by atoms with van der Waals surface area (Å²) in [6, 6.07) is -0.396. The summed E-state index contributed by atoms with van der Waals surface area (Å²) in [6.45, 7) is 0. The van der Waals surface area contributed by atoms with E-state index in [0.717, 1.165) is 4.79 Å². The normalized spacial score (nSPS) is 8.42. The van der Waals surface area contributed by atoms with E-state index in [1.807, 2.05) is 0 Å². The fourth-order valence-electron chi connectivity index (χ4n) is 0.428. The Balaban J connectivity index is 0.00000121. The predicted molar refractivity (Wildman–Crippen MR) is 39.0 cm³/mol. The van der Waals surface area contributed by atoms with E-state index in [2.05, 4.69) is 38.5 Å². The summed E-state index contributed by atoms with van der Waals surface area (Å²) in [6.07, 6.45) is 0. The molecule has 12 heavy (non-hydrogen) atoms. The van der Waals surface area contributed by atoms with Crippen molar-refractivity contribution in [3.8, 4) is 0 Å².